The van der Waals surface area contributed by atoms with Gasteiger partial charge in [0.2, 0.25) is 0 Å². The fourth-order valence-corrected chi connectivity index (χ4v) is 2.69. The maximum atomic E-state index is 5.13. The van der Waals surface area contributed by atoms with Gasteiger partial charge in [0.25, 0.3) is 0 Å². The van der Waals surface area contributed by atoms with Gasteiger partial charge in [0.1, 0.15) is 12.1 Å². The molecule has 2 aromatic rings. The molecule has 100 valence electrons. The Morgan fingerprint density at radius 3 is 2.84 bits per heavy atom. The SMILES string of the molecule is CCNc1cc(C2CCCC2)nc(-c2ccoc2)n1. The second-order valence-electron chi connectivity index (χ2n) is 5.03. The molecule has 2 heterocycles. The summed E-state index contributed by atoms with van der Waals surface area (Å²) in [5, 5.41) is 3.29. The zero-order valence-corrected chi connectivity index (χ0v) is 11.2. The van der Waals surface area contributed by atoms with Crippen molar-refractivity contribution in [3.63, 3.8) is 0 Å². The van der Waals surface area contributed by atoms with Crippen LogP contribution in [0.4, 0.5) is 5.82 Å². The summed E-state index contributed by atoms with van der Waals surface area (Å²) in [6.07, 6.45) is 8.47. The lowest BCUT2D eigenvalue weighted by Gasteiger charge is -2.12. The molecule has 3 rings (SSSR count). The standard InChI is InChI=1S/C15H19N3O/c1-2-16-14-9-13(11-5-3-4-6-11)17-15(18-14)12-7-8-19-10-12/h7-11H,2-6H2,1H3,(H,16,17,18). The Bertz CT molecular complexity index is 530. The molecule has 0 aromatic carbocycles. The topological polar surface area (TPSA) is 51.0 Å². The van der Waals surface area contributed by atoms with Crippen LogP contribution in [-0.4, -0.2) is 16.5 Å². The number of aromatic nitrogens is 2. The monoisotopic (exact) mass is 257 g/mol. The van der Waals surface area contributed by atoms with E-state index in [1.165, 1.54) is 31.4 Å². The molecule has 1 saturated carbocycles. The minimum Gasteiger partial charge on any atom is -0.472 e. The van der Waals surface area contributed by atoms with E-state index < -0.39 is 0 Å². The van der Waals surface area contributed by atoms with Crippen molar-refractivity contribution in [1.82, 2.24) is 9.97 Å². The Kier molecular flexibility index (Phi) is 3.49. The van der Waals surface area contributed by atoms with Crippen LogP contribution < -0.4 is 5.32 Å². The van der Waals surface area contributed by atoms with Crippen LogP contribution in [0.1, 0.15) is 44.2 Å². The first-order chi connectivity index (χ1) is 9.36. The van der Waals surface area contributed by atoms with Gasteiger partial charge in [-0.2, -0.15) is 0 Å². The molecule has 1 aliphatic carbocycles. The smallest absolute Gasteiger partial charge is 0.165 e. The molecule has 2 aromatic heterocycles. The highest BCUT2D eigenvalue weighted by Crippen LogP contribution is 2.34. The average Bonchev–Trinajstić information content (AvgIpc) is 3.12. The highest BCUT2D eigenvalue weighted by Gasteiger charge is 2.20. The molecule has 1 aliphatic rings. The van der Waals surface area contributed by atoms with Crippen molar-refractivity contribution in [2.45, 2.75) is 38.5 Å². The van der Waals surface area contributed by atoms with Crippen molar-refractivity contribution in [3.8, 4) is 11.4 Å². The van der Waals surface area contributed by atoms with E-state index in [9.17, 15) is 0 Å². The molecule has 1 N–H and O–H groups in total. The lowest BCUT2D eigenvalue weighted by atomic mass is 10.0. The summed E-state index contributed by atoms with van der Waals surface area (Å²) in [6.45, 7) is 2.95. The predicted molar refractivity (Wildman–Crippen MR) is 75.1 cm³/mol. The highest BCUT2D eigenvalue weighted by molar-refractivity contribution is 5.56. The Balaban J connectivity index is 1.98. The van der Waals surface area contributed by atoms with Crippen molar-refractivity contribution in [3.05, 3.63) is 30.4 Å². The molecule has 0 unspecified atom stereocenters. The van der Waals surface area contributed by atoms with Gasteiger partial charge in [-0.15, -0.1) is 0 Å². The molecular weight excluding hydrogens is 238 g/mol. The molecule has 19 heavy (non-hydrogen) atoms. The van der Waals surface area contributed by atoms with Gasteiger partial charge in [-0.3, -0.25) is 0 Å². The second kappa shape index (κ2) is 5.43. The largest absolute Gasteiger partial charge is 0.472 e. The summed E-state index contributed by atoms with van der Waals surface area (Å²) in [5.74, 6) is 2.26. The first-order valence-corrected chi connectivity index (χ1v) is 7.02. The van der Waals surface area contributed by atoms with Crippen LogP contribution >= 0.6 is 0 Å². The van der Waals surface area contributed by atoms with Crippen LogP contribution in [0.15, 0.2) is 29.1 Å². The average molecular weight is 257 g/mol. The molecule has 0 atom stereocenters. The normalized spacial score (nSPS) is 15.8. The summed E-state index contributed by atoms with van der Waals surface area (Å²) in [7, 11) is 0. The fraction of sp³-hybridized carbons (Fsp3) is 0.467. The van der Waals surface area contributed by atoms with E-state index in [1.807, 2.05) is 6.07 Å². The van der Waals surface area contributed by atoms with Gasteiger partial charge in [-0.1, -0.05) is 12.8 Å². The molecule has 0 bridgehead atoms. The first kappa shape index (κ1) is 12.2. The zero-order valence-electron chi connectivity index (χ0n) is 11.2. The Morgan fingerprint density at radius 2 is 2.16 bits per heavy atom. The molecule has 1 fully saturated rings. The number of hydrogen-bond donors (Lipinski definition) is 1. The number of nitrogens with zero attached hydrogens (tertiary/aromatic N) is 2. The molecule has 0 saturated heterocycles. The maximum Gasteiger partial charge on any atom is 0.165 e. The second-order valence-corrected chi connectivity index (χ2v) is 5.03. The van der Waals surface area contributed by atoms with Crippen molar-refractivity contribution in [1.29, 1.82) is 0 Å². The van der Waals surface area contributed by atoms with Crippen LogP contribution in [0.25, 0.3) is 11.4 Å². The van der Waals surface area contributed by atoms with Crippen LogP contribution in [0.3, 0.4) is 0 Å². The van der Waals surface area contributed by atoms with Gasteiger partial charge < -0.3 is 9.73 Å². The van der Waals surface area contributed by atoms with Crippen molar-refractivity contribution < 1.29 is 4.42 Å². The van der Waals surface area contributed by atoms with Crippen molar-refractivity contribution >= 4 is 5.82 Å². The van der Waals surface area contributed by atoms with Crippen LogP contribution in [0.2, 0.25) is 0 Å². The zero-order chi connectivity index (χ0) is 13.1. The van der Waals surface area contributed by atoms with Gasteiger partial charge in [0, 0.05) is 24.2 Å². The van der Waals surface area contributed by atoms with Gasteiger partial charge in [-0.05, 0) is 25.8 Å². The van der Waals surface area contributed by atoms with E-state index in [2.05, 4.69) is 23.3 Å². The van der Waals surface area contributed by atoms with E-state index in [1.54, 1.807) is 12.5 Å². The number of nitrogens with one attached hydrogen (secondary N) is 1. The third kappa shape index (κ3) is 2.62. The molecule has 0 spiro atoms. The maximum absolute atomic E-state index is 5.13. The van der Waals surface area contributed by atoms with Gasteiger partial charge >= 0.3 is 0 Å². The number of furan rings is 1. The number of anilines is 1. The van der Waals surface area contributed by atoms with Crippen LogP contribution in [0.5, 0.6) is 0 Å². The molecular formula is C15H19N3O. The van der Waals surface area contributed by atoms with Crippen LogP contribution in [-0.2, 0) is 0 Å². The van der Waals surface area contributed by atoms with Crippen LogP contribution in [0, 0.1) is 0 Å². The number of rotatable bonds is 4. The third-order valence-corrected chi connectivity index (χ3v) is 3.66. The summed E-state index contributed by atoms with van der Waals surface area (Å²) >= 11 is 0. The van der Waals surface area contributed by atoms with E-state index in [-0.39, 0.29) is 0 Å². The Labute approximate surface area is 113 Å². The summed E-state index contributed by atoms with van der Waals surface area (Å²) in [5.41, 5.74) is 2.11. The van der Waals surface area contributed by atoms with Gasteiger partial charge in [0.05, 0.1) is 11.8 Å². The van der Waals surface area contributed by atoms with E-state index >= 15 is 0 Å². The minimum absolute atomic E-state index is 0.589. The Hall–Kier alpha value is -1.84. The minimum atomic E-state index is 0.589. The quantitative estimate of drug-likeness (QED) is 0.904. The van der Waals surface area contributed by atoms with Gasteiger partial charge in [0.15, 0.2) is 5.82 Å². The lowest BCUT2D eigenvalue weighted by Crippen LogP contribution is -2.05. The number of hydrogen-bond acceptors (Lipinski definition) is 4. The van der Waals surface area contributed by atoms with Crippen molar-refractivity contribution in [2.24, 2.45) is 0 Å². The molecule has 0 amide bonds. The van der Waals surface area contributed by atoms with Crippen molar-refractivity contribution in [2.75, 3.05) is 11.9 Å². The van der Waals surface area contributed by atoms with E-state index in [4.69, 9.17) is 9.40 Å². The molecule has 4 heteroatoms. The summed E-state index contributed by atoms with van der Waals surface area (Å²) in [4.78, 5) is 9.28. The molecule has 0 radical (unpaired) electrons. The summed E-state index contributed by atoms with van der Waals surface area (Å²) in [6, 6.07) is 4.01. The molecule has 0 aliphatic heterocycles. The Morgan fingerprint density at radius 1 is 1.32 bits per heavy atom. The first-order valence-electron chi connectivity index (χ1n) is 7.02. The lowest BCUT2D eigenvalue weighted by molar-refractivity contribution is 0.568. The van der Waals surface area contributed by atoms with E-state index in [0.717, 1.165) is 23.8 Å². The summed E-state index contributed by atoms with van der Waals surface area (Å²) < 4.78 is 5.13. The predicted octanol–water partition coefficient (Wildman–Crippen LogP) is 3.83. The third-order valence-electron chi connectivity index (χ3n) is 3.66. The van der Waals surface area contributed by atoms with E-state index in [0.29, 0.717) is 5.92 Å². The molecule has 4 nitrogen and oxygen atoms in total. The fourth-order valence-electron chi connectivity index (χ4n) is 2.69. The highest BCUT2D eigenvalue weighted by atomic mass is 16.3. The van der Waals surface area contributed by atoms with Gasteiger partial charge in [-0.25, -0.2) is 9.97 Å².